The van der Waals surface area contributed by atoms with Crippen LogP contribution in [0.15, 0.2) is 0 Å². The largest absolute Gasteiger partial charge is 0.369 e. The van der Waals surface area contributed by atoms with Gasteiger partial charge < -0.3 is 14.2 Å². The first-order valence-corrected chi connectivity index (χ1v) is 5.95. The van der Waals surface area contributed by atoms with Crippen molar-refractivity contribution in [1.82, 2.24) is 0 Å². The van der Waals surface area contributed by atoms with Crippen LogP contribution in [0.3, 0.4) is 0 Å². The first-order chi connectivity index (χ1) is 6.94. The van der Waals surface area contributed by atoms with Crippen LogP contribution in [0.4, 0.5) is 0 Å². The summed E-state index contributed by atoms with van der Waals surface area (Å²) >= 11 is 0. The standard InChI is InChI=1S/C12H22O3/c1-6-8-10-11(9(13-8)7(2)3)15-12(4,5)14-10/h7-11H,6H2,1-5H3/t8-,9+,10-,11+/m1/s1. The van der Waals surface area contributed by atoms with Crippen molar-refractivity contribution in [1.29, 1.82) is 0 Å². The highest BCUT2D eigenvalue weighted by Gasteiger charge is 2.54. The molecule has 3 heteroatoms. The van der Waals surface area contributed by atoms with E-state index in [0.717, 1.165) is 6.42 Å². The zero-order valence-corrected chi connectivity index (χ0v) is 10.3. The van der Waals surface area contributed by atoms with Crippen LogP contribution >= 0.6 is 0 Å². The van der Waals surface area contributed by atoms with Crippen LogP contribution < -0.4 is 0 Å². The van der Waals surface area contributed by atoms with Crippen molar-refractivity contribution in [2.24, 2.45) is 5.92 Å². The molecule has 2 fully saturated rings. The summed E-state index contributed by atoms with van der Waals surface area (Å²) in [7, 11) is 0. The molecule has 15 heavy (non-hydrogen) atoms. The quantitative estimate of drug-likeness (QED) is 0.706. The fraction of sp³-hybridized carbons (Fsp3) is 1.00. The smallest absolute Gasteiger partial charge is 0.164 e. The minimum atomic E-state index is -0.445. The molecule has 4 atom stereocenters. The monoisotopic (exact) mass is 214 g/mol. The van der Waals surface area contributed by atoms with E-state index >= 15 is 0 Å². The summed E-state index contributed by atoms with van der Waals surface area (Å²) < 4.78 is 17.8. The van der Waals surface area contributed by atoms with Crippen molar-refractivity contribution in [2.75, 3.05) is 0 Å². The van der Waals surface area contributed by atoms with Gasteiger partial charge in [0.2, 0.25) is 0 Å². The molecular formula is C12H22O3. The maximum Gasteiger partial charge on any atom is 0.164 e. The summed E-state index contributed by atoms with van der Waals surface area (Å²) in [6.45, 7) is 10.5. The van der Waals surface area contributed by atoms with Gasteiger partial charge >= 0.3 is 0 Å². The number of hydrogen-bond acceptors (Lipinski definition) is 3. The molecule has 0 aromatic carbocycles. The van der Waals surface area contributed by atoms with Crippen LogP contribution in [-0.2, 0) is 14.2 Å². The number of ether oxygens (including phenoxy) is 3. The van der Waals surface area contributed by atoms with Gasteiger partial charge in [0.05, 0.1) is 12.2 Å². The lowest BCUT2D eigenvalue weighted by molar-refractivity contribution is -0.191. The maximum atomic E-state index is 5.98. The molecule has 0 amide bonds. The van der Waals surface area contributed by atoms with Crippen LogP contribution in [0.1, 0.15) is 41.0 Å². The highest BCUT2D eigenvalue weighted by atomic mass is 16.8. The molecule has 0 aliphatic carbocycles. The number of fused-ring (bicyclic) bond motifs is 1. The van der Waals surface area contributed by atoms with E-state index in [9.17, 15) is 0 Å². The third-order valence-corrected chi connectivity index (χ3v) is 3.25. The van der Waals surface area contributed by atoms with E-state index in [2.05, 4.69) is 20.8 Å². The van der Waals surface area contributed by atoms with Crippen molar-refractivity contribution >= 4 is 0 Å². The average molecular weight is 214 g/mol. The molecule has 0 aromatic rings. The van der Waals surface area contributed by atoms with Crippen LogP contribution in [-0.4, -0.2) is 30.2 Å². The fourth-order valence-electron chi connectivity index (χ4n) is 2.58. The molecule has 0 bridgehead atoms. The van der Waals surface area contributed by atoms with Gasteiger partial charge in [-0.15, -0.1) is 0 Å². The SMILES string of the molecule is CC[C@H]1O[C@@H](C(C)C)[C@@H]2OC(C)(C)O[C@@H]21. The van der Waals surface area contributed by atoms with E-state index in [4.69, 9.17) is 14.2 Å². The molecule has 2 rings (SSSR count). The number of rotatable bonds is 2. The zero-order chi connectivity index (χ0) is 11.2. The van der Waals surface area contributed by atoms with Gasteiger partial charge in [0.25, 0.3) is 0 Å². The summed E-state index contributed by atoms with van der Waals surface area (Å²) in [5, 5.41) is 0. The Morgan fingerprint density at radius 2 is 1.73 bits per heavy atom. The molecule has 0 radical (unpaired) electrons. The first-order valence-electron chi connectivity index (χ1n) is 5.95. The summed E-state index contributed by atoms with van der Waals surface area (Å²) in [4.78, 5) is 0. The molecule has 3 nitrogen and oxygen atoms in total. The average Bonchev–Trinajstić information content (AvgIpc) is 2.57. The number of hydrogen-bond donors (Lipinski definition) is 0. The van der Waals surface area contributed by atoms with Gasteiger partial charge in [0.15, 0.2) is 5.79 Å². The highest BCUT2D eigenvalue weighted by molar-refractivity contribution is 4.98. The Labute approximate surface area is 92.1 Å². The molecule has 2 heterocycles. The van der Waals surface area contributed by atoms with E-state index in [-0.39, 0.29) is 24.4 Å². The Hall–Kier alpha value is -0.120. The second kappa shape index (κ2) is 3.72. The minimum Gasteiger partial charge on any atom is -0.369 e. The lowest BCUT2D eigenvalue weighted by Gasteiger charge is -2.25. The third-order valence-electron chi connectivity index (χ3n) is 3.25. The van der Waals surface area contributed by atoms with Crippen molar-refractivity contribution in [3.05, 3.63) is 0 Å². The van der Waals surface area contributed by atoms with Crippen LogP contribution in [0.2, 0.25) is 0 Å². The first kappa shape index (κ1) is 11.4. The lowest BCUT2D eigenvalue weighted by atomic mass is 9.99. The topological polar surface area (TPSA) is 27.7 Å². The molecule has 2 saturated heterocycles. The van der Waals surface area contributed by atoms with E-state index < -0.39 is 5.79 Å². The van der Waals surface area contributed by atoms with Gasteiger partial charge in [-0.05, 0) is 26.2 Å². The van der Waals surface area contributed by atoms with Crippen molar-refractivity contribution in [3.63, 3.8) is 0 Å². The van der Waals surface area contributed by atoms with Crippen LogP contribution in [0, 0.1) is 5.92 Å². The Morgan fingerprint density at radius 1 is 1.13 bits per heavy atom. The second-order valence-electron chi connectivity index (χ2n) is 5.36. The molecule has 0 N–H and O–H groups in total. The Balaban J connectivity index is 2.15. The maximum absolute atomic E-state index is 5.98. The van der Waals surface area contributed by atoms with Gasteiger partial charge in [0, 0.05) is 0 Å². The van der Waals surface area contributed by atoms with E-state index in [0.29, 0.717) is 5.92 Å². The van der Waals surface area contributed by atoms with Crippen molar-refractivity contribution < 1.29 is 14.2 Å². The summed E-state index contributed by atoms with van der Waals surface area (Å²) in [5.41, 5.74) is 0. The summed E-state index contributed by atoms with van der Waals surface area (Å²) in [6.07, 6.45) is 1.61. The van der Waals surface area contributed by atoms with Gasteiger partial charge in [-0.1, -0.05) is 20.8 Å². The fourth-order valence-corrected chi connectivity index (χ4v) is 2.58. The van der Waals surface area contributed by atoms with Crippen LogP contribution in [0.25, 0.3) is 0 Å². The molecular weight excluding hydrogens is 192 g/mol. The van der Waals surface area contributed by atoms with Gasteiger partial charge in [0.1, 0.15) is 12.2 Å². The molecule has 2 aliphatic rings. The molecule has 0 saturated carbocycles. The summed E-state index contributed by atoms with van der Waals surface area (Å²) in [5.74, 6) is 0.0335. The molecule has 0 aromatic heterocycles. The predicted octanol–water partition coefficient (Wildman–Crippen LogP) is 2.34. The Bertz CT molecular complexity index is 237. The molecule has 0 unspecified atom stereocenters. The second-order valence-corrected chi connectivity index (χ2v) is 5.36. The van der Waals surface area contributed by atoms with E-state index in [1.54, 1.807) is 0 Å². The van der Waals surface area contributed by atoms with Crippen LogP contribution in [0.5, 0.6) is 0 Å². The van der Waals surface area contributed by atoms with E-state index in [1.165, 1.54) is 0 Å². The van der Waals surface area contributed by atoms with E-state index in [1.807, 2.05) is 13.8 Å². The molecule has 88 valence electrons. The minimum absolute atomic E-state index is 0.116. The molecule has 0 spiro atoms. The van der Waals surface area contributed by atoms with Gasteiger partial charge in [-0.25, -0.2) is 0 Å². The third kappa shape index (κ3) is 1.93. The van der Waals surface area contributed by atoms with Gasteiger partial charge in [-0.3, -0.25) is 0 Å². The van der Waals surface area contributed by atoms with Gasteiger partial charge in [-0.2, -0.15) is 0 Å². The van der Waals surface area contributed by atoms with Crippen molar-refractivity contribution in [3.8, 4) is 0 Å². The normalized spacial score (nSPS) is 43.6. The van der Waals surface area contributed by atoms with Crippen molar-refractivity contribution in [2.45, 2.75) is 71.2 Å². The highest BCUT2D eigenvalue weighted by Crippen LogP contribution is 2.41. The Kier molecular flexibility index (Phi) is 2.82. The molecule has 2 aliphatic heterocycles. The predicted molar refractivity (Wildman–Crippen MR) is 57.6 cm³/mol. The zero-order valence-electron chi connectivity index (χ0n) is 10.3. The Morgan fingerprint density at radius 3 is 2.27 bits per heavy atom. The summed E-state index contributed by atoms with van der Waals surface area (Å²) in [6, 6.07) is 0. The lowest BCUT2D eigenvalue weighted by Crippen LogP contribution is -2.33.